The van der Waals surface area contributed by atoms with Gasteiger partial charge in [-0.1, -0.05) is 67.7 Å². The second-order valence-corrected chi connectivity index (χ2v) is 12.0. The Hall–Kier alpha value is -4.69. The van der Waals surface area contributed by atoms with Crippen LogP contribution in [-0.4, -0.2) is 38.1 Å². The molecule has 2 heterocycles. The van der Waals surface area contributed by atoms with Crippen molar-refractivity contribution in [3.05, 3.63) is 110 Å². The van der Waals surface area contributed by atoms with E-state index in [1.54, 1.807) is 24.3 Å². The van der Waals surface area contributed by atoms with Crippen molar-refractivity contribution < 1.29 is 14.4 Å². The van der Waals surface area contributed by atoms with Crippen LogP contribution >= 0.6 is 27.3 Å². The van der Waals surface area contributed by atoms with Gasteiger partial charge >= 0.3 is 0 Å². The molecular weight excluding hydrogens is 694 g/mol. The summed E-state index contributed by atoms with van der Waals surface area (Å²) >= 11 is 4.53. The zero-order valence-corrected chi connectivity index (χ0v) is 30.2. The molecule has 3 rings (SSSR count). The van der Waals surface area contributed by atoms with Gasteiger partial charge in [0.15, 0.2) is 5.69 Å². The molecule has 0 unspecified atom stereocenters. The minimum atomic E-state index is -0.338. The first-order chi connectivity index (χ1) is 23.1. The number of unbranched alkanes of at least 4 members (excludes halogenated alkanes) is 1. The molecule has 0 spiro atoms. The summed E-state index contributed by atoms with van der Waals surface area (Å²) in [6.45, 7) is 8.06. The number of aromatic nitrogens is 4. The minimum Gasteiger partial charge on any atom is -0.402 e. The molecule has 0 aliphatic heterocycles. The van der Waals surface area contributed by atoms with Crippen molar-refractivity contribution in [2.75, 3.05) is 5.32 Å². The number of benzene rings is 1. The van der Waals surface area contributed by atoms with Crippen LogP contribution in [0.2, 0.25) is 0 Å². The summed E-state index contributed by atoms with van der Waals surface area (Å²) in [5, 5.41) is 25.5. The van der Waals surface area contributed by atoms with Gasteiger partial charge in [-0.3, -0.25) is 14.4 Å². The van der Waals surface area contributed by atoms with Crippen LogP contribution in [0.1, 0.15) is 80.0 Å². The van der Waals surface area contributed by atoms with E-state index in [4.69, 9.17) is 11.5 Å². The molecule has 0 atom stereocenters. The molecular formula is C34H44BrN9O3S. The van der Waals surface area contributed by atoms with Gasteiger partial charge < -0.3 is 27.4 Å². The molecule has 3 amide bonds. The number of allylic oxidation sites excluding steroid dienone is 6. The van der Waals surface area contributed by atoms with Gasteiger partial charge in [0.2, 0.25) is 16.9 Å². The Morgan fingerprint density at radius 2 is 1.71 bits per heavy atom. The van der Waals surface area contributed by atoms with E-state index in [0.29, 0.717) is 28.3 Å². The van der Waals surface area contributed by atoms with Crippen LogP contribution < -0.4 is 27.4 Å². The lowest BCUT2D eigenvalue weighted by Gasteiger charge is -2.07. The Morgan fingerprint density at radius 3 is 2.42 bits per heavy atom. The predicted molar refractivity (Wildman–Crippen MR) is 194 cm³/mol. The molecule has 0 saturated heterocycles. The Kier molecular flexibility index (Phi) is 18.1. The third kappa shape index (κ3) is 15.3. The largest absolute Gasteiger partial charge is 0.402 e. The molecule has 14 heteroatoms. The molecule has 0 radical (unpaired) electrons. The van der Waals surface area contributed by atoms with E-state index in [0.717, 1.165) is 34.5 Å². The zero-order chi connectivity index (χ0) is 35.3. The number of carbonyl (C=O) groups is 3. The van der Waals surface area contributed by atoms with Crippen molar-refractivity contribution in [2.24, 2.45) is 11.5 Å². The summed E-state index contributed by atoms with van der Waals surface area (Å²) in [4.78, 5) is 37.1. The van der Waals surface area contributed by atoms with Crippen LogP contribution in [0.3, 0.4) is 0 Å². The lowest BCUT2D eigenvalue weighted by Crippen LogP contribution is -2.27. The second-order valence-electron chi connectivity index (χ2n) is 10.1. The first kappa shape index (κ1) is 39.5. The maximum atomic E-state index is 12.6. The number of rotatable bonds is 16. The van der Waals surface area contributed by atoms with Gasteiger partial charge in [-0.05, 0) is 90.0 Å². The summed E-state index contributed by atoms with van der Waals surface area (Å²) < 4.78 is 0.547. The van der Waals surface area contributed by atoms with Gasteiger partial charge in [0.25, 0.3) is 5.91 Å². The lowest BCUT2D eigenvalue weighted by molar-refractivity contribution is -0.119. The third-order valence-corrected chi connectivity index (χ3v) is 7.69. The van der Waals surface area contributed by atoms with E-state index in [1.807, 2.05) is 70.2 Å². The smallest absolute Gasteiger partial charge is 0.272 e. The number of anilines is 1. The lowest BCUT2D eigenvalue weighted by atomic mass is 10.1. The maximum Gasteiger partial charge on any atom is 0.272 e. The number of hydrogen-bond donors (Lipinski definition) is 5. The highest BCUT2D eigenvalue weighted by Gasteiger charge is 2.11. The SMILES string of the molecule is C/C=C\C(=C/C)CC(=O)N/C(N)=C/C=C(\N)CCCCc1nnc(NC(=O)Cc2cccc(CNC(=O)c3ccc(Br)nn3)c2)s1.CC. The van der Waals surface area contributed by atoms with Crippen molar-refractivity contribution in [3.63, 3.8) is 0 Å². The third-order valence-electron chi connectivity index (χ3n) is 6.37. The topological polar surface area (TPSA) is 191 Å². The molecule has 0 saturated carbocycles. The van der Waals surface area contributed by atoms with Crippen molar-refractivity contribution in [3.8, 4) is 0 Å². The molecule has 7 N–H and O–H groups in total. The number of hydrogen-bond acceptors (Lipinski definition) is 10. The molecule has 12 nitrogen and oxygen atoms in total. The van der Waals surface area contributed by atoms with E-state index in [2.05, 4.69) is 52.3 Å². The highest BCUT2D eigenvalue weighted by atomic mass is 79.9. The summed E-state index contributed by atoms with van der Waals surface area (Å²) in [5.41, 5.74) is 15.4. The number of nitrogens with one attached hydrogen (secondary N) is 3. The molecule has 0 bridgehead atoms. The molecule has 0 aliphatic carbocycles. The molecule has 0 fully saturated rings. The molecule has 2 aromatic heterocycles. The van der Waals surface area contributed by atoms with E-state index in [-0.39, 0.29) is 48.6 Å². The highest BCUT2D eigenvalue weighted by molar-refractivity contribution is 9.10. The summed E-state index contributed by atoms with van der Waals surface area (Å²) in [5.74, 6) is -0.512. The van der Waals surface area contributed by atoms with E-state index < -0.39 is 0 Å². The number of amides is 3. The molecule has 256 valence electrons. The fourth-order valence-electron chi connectivity index (χ4n) is 4.10. The van der Waals surface area contributed by atoms with Crippen LogP contribution in [0.4, 0.5) is 5.13 Å². The molecule has 3 aromatic rings. The standard InChI is InChI=1S/C32H38BrN9O3S.C2H6/c1-3-8-21(4-2)18-28(43)37-27(35)16-13-24(34)11-5-6-12-30-41-42-32(46-30)38-29(44)19-22-9-7-10-23(17-22)20-36-31(45)25-14-15-26(33)40-39-25;1-2/h3-4,7-10,13-17H,5-6,11-12,18-20,34-35H2,1-2H3,(H,36,45)(H,37,43)(H,38,42,44);1-2H3/b8-3-,21-4+,24-13-,27-16+;. The zero-order valence-electron chi connectivity index (χ0n) is 27.8. The Balaban J connectivity index is 0.00000392. The van der Waals surface area contributed by atoms with Crippen LogP contribution in [0.5, 0.6) is 0 Å². The molecule has 48 heavy (non-hydrogen) atoms. The van der Waals surface area contributed by atoms with Crippen LogP contribution in [0.15, 0.2) is 88.5 Å². The Labute approximate surface area is 294 Å². The van der Waals surface area contributed by atoms with Crippen molar-refractivity contribution >= 4 is 50.1 Å². The normalized spacial score (nSPS) is 11.9. The fraction of sp³-hybridized carbons (Fsp3) is 0.324. The van der Waals surface area contributed by atoms with Gasteiger partial charge in [-0.15, -0.1) is 20.4 Å². The molecule has 0 aliphatic rings. The Bertz CT molecular complexity index is 1620. The number of carbonyl (C=O) groups excluding carboxylic acids is 3. The van der Waals surface area contributed by atoms with E-state index in [9.17, 15) is 14.4 Å². The number of halogens is 1. The van der Waals surface area contributed by atoms with Gasteiger partial charge in [0.1, 0.15) is 15.4 Å². The van der Waals surface area contributed by atoms with Gasteiger partial charge in [0, 0.05) is 18.7 Å². The summed E-state index contributed by atoms with van der Waals surface area (Å²) in [6, 6.07) is 10.7. The quantitative estimate of drug-likeness (QED) is 0.0918. The average Bonchev–Trinajstić information content (AvgIpc) is 3.52. The first-order valence-corrected chi connectivity index (χ1v) is 17.2. The van der Waals surface area contributed by atoms with Crippen molar-refractivity contribution in [1.82, 2.24) is 31.0 Å². The van der Waals surface area contributed by atoms with Gasteiger partial charge in [-0.25, -0.2) is 0 Å². The van der Waals surface area contributed by atoms with Crippen molar-refractivity contribution in [1.29, 1.82) is 0 Å². The summed E-state index contributed by atoms with van der Waals surface area (Å²) in [6.07, 6.45) is 12.3. The summed E-state index contributed by atoms with van der Waals surface area (Å²) in [7, 11) is 0. The highest BCUT2D eigenvalue weighted by Crippen LogP contribution is 2.18. The number of nitrogens with two attached hydrogens (primary N) is 2. The second kappa shape index (κ2) is 22.0. The van der Waals surface area contributed by atoms with E-state index >= 15 is 0 Å². The van der Waals surface area contributed by atoms with Crippen molar-refractivity contribution in [2.45, 2.75) is 72.8 Å². The first-order valence-electron chi connectivity index (χ1n) is 15.6. The van der Waals surface area contributed by atoms with E-state index in [1.165, 1.54) is 11.3 Å². The minimum absolute atomic E-state index is 0.149. The number of aryl methyl sites for hydroxylation is 1. The van der Waals surface area contributed by atoms with Crippen LogP contribution in [0, 0.1) is 0 Å². The Morgan fingerprint density at radius 1 is 0.938 bits per heavy atom. The van der Waals surface area contributed by atoms with Gasteiger partial charge in [0.05, 0.1) is 12.8 Å². The number of nitrogens with zero attached hydrogens (tertiary/aromatic N) is 4. The monoisotopic (exact) mass is 737 g/mol. The van der Waals surface area contributed by atoms with Crippen LogP contribution in [0.25, 0.3) is 0 Å². The van der Waals surface area contributed by atoms with Gasteiger partial charge in [-0.2, -0.15) is 0 Å². The molecule has 1 aromatic carbocycles. The average molecular weight is 739 g/mol. The predicted octanol–water partition coefficient (Wildman–Crippen LogP) is 5.61. The fourth-order valence-corrected chi connectivity index (χ4v) is 5.11. The van der Waals surface area contributed by atoms with Crippen LogP contribution in [-0.2, 0) is 29.0 Å². The maximum absolute atomic E-state index is 12.6.